The number of unbranched alkanes of at least 4 members (excludes halogenated alkanes) is 6. The molecule has 0 aliphatic carbocycles. The van der Waals surface area contributed by atoms with Gasteiger partial charge in [-0.2, -0.15) is 0 Å². The molecule has 1 unspecified atom stereocenters. The van der Waals surface area contributed by atoms with Crippen LogP contribution in [0, 0.1) is 0 Å². The van der Waals surface area contributed by atoms with Gasteiger partial charge in [-0.1, -0.05) is 82.2 Å². The molecule has 0 radical (unpaired) electrons. The number of nitrogens with two attached hydrogens (primary N) is 1. The minimum Gasteiger partial charge on any atom is -0.383 e. The average molecular weight is 291 g/mol. The zero-order valence-corrected chi connectivity index (χ0v) is 14.1. The van der Waals surface area contributed by atoms with Crippen molar-refractivity contribution in [2.45, 2.75) is 83.3 Å². The fourth-order valence-electron chi connectivity index (χ4n) is 2.89. The van der Waals surface area contributed by atoms with Crippen molar-refractivity contribution in [2.24, 2.45) is 5.73 Å². The van der Waals surface area contributed by atoms with Crippen molar-refractivity contribution in [1.82, 2.24) is 0 Å². The van der Waals surface area contributed by atoms with Gasteiger partial charge in [-0.05, 0) is 25.8 Å². The minimum absolute atomic E-state index is 0.642. The van der Waals surface area contributed by atoms with Gasteiger partial charge in [0.1, 0.15) is 5.60 Å². The van der Waals surface area contributed by atoms with Gasteiger partial charge < -0.3 is 10.8 Å². The van der Waals surface area contributed by atoms with E-state index in [0.717, 1.165) is 18.4 Å². The largest absolute Gasteiger partial charge is 0.383 e. The highest BCUT2D eigenvalue weighted by molar-refractivity contribution is 5.26. The Kier molecular flexibility index (Phi) is 7.41. The molecule has 0 aromatic heterocycles. The van der Waals surface area contributed by atoms with Crippen LogP contribution in [0.1, 0.15) is 77.7 Å². The summed E-state index contributed by atoms with van der Waals surface area (Å²) in [6.07, 6.45) is 9.46. The zero-order chi connectivity index (χ0) is 15.8. The van der Waals surface area contributed by atoms with E-state index >= 15 is 0 Å². The molecule has 2 heteroatoms. The highest BCUT2D eigenvalue weighted by Crippen LogP contribution is 2.36. The highest BCUT2D eigenvalue weighted by atomic mass is 16.3. The molecule has 1 aromatic rings. The Balaban J connectivity index is 2.53. The summed E-state index contributed by atoms with van der Waals surface area (Å²) in [5.74, 6) is 0. The third-order valence-corrected chi connectivity index (χ3v) is 4.46. The van der Waals surface area contributed by atoms with E-state index in [9.17, 15) is 5.11 Å². The Morgan fingerprint density at radius 1 is 0.905 bits per heavy atom. The van der Waals surface area contributed by atoms with Gasteiger partial charge in [0, 0.05) is 5.54 Å². The first-order chi connectivity index (χ1) is 9.92. The SMILES string of the molecule is CCCCCCCCCC(O)(c1ccccc1)C(C)(C)N. The van der Waals surface area contributed by atoms with Crippen LogP contribution in [0.5, 0.6) is 0 Å². The van der Waals surface area contributed by atoms with E-state index in [-0.39, 0.29) is 0 Å². The molecule has 1 aromatic carbocycles. The lowest BCUT2D eigenvalue weighted by atomic mass is 9.74. The second-order valence-corrected chi connectivity index (χ2v) is 6.82. The van der Waals surface area contributed by atoms with Gasteiger partial charge in [0.15, 0.2) is 0 Å². The molecule has 0 saturated carbocycles. The van der Waals surface area contributed by atoms with Gasteiger partial charge in [0.25, 0.3) is 0 Å². The molecule has 0 fully saturated rings. The van der Waals surface area contributed by atoms with Gasteiger partial charge >= 0.3 is 0 Å². The third kappa shape index (κ3) is 5.44. The number of hydrogen-bond donors (Lipinski definition) is 2. The van der Waals surface area contributed by atoms with Crippen molar-refractivity contribution in [3.05, 3.63) is 35.9 Å². The van der Waals surface area contributed by atoms with E-state index in [1.165, 1.54) is 38.5 Å². The lowest BCUT2D eigenvalue weighted by Gasteiger charge is -2.40. The summed E-state index contributed by atoms with van der Waals surface area (Å²) in [7, 11) is 0. The normalized spacial score (nSPS) is 14.9. The van der Waals surface area contributed by atoms with Crippen LogP contribution in [0.2, 0.25) is 0 Å². The van der Waals surface area contributed by atoms with Crippen molar-refractivity contribution >= 4 is 0 Å². The van der Waals surface area contributed by atoms with E-state index < -0.39 is 11.1 Å². The van der Waals surface area contributed by atoms with Crippen LogP contribution in [-0.4, -0.2) is 10.6 Å². The summed E-state index contributed by atoms with van der Waals surface area (Å²) in [5, 5.41) is 11.1. The van der Waals surface area contributed by atoms with E-state index in [0.29, 0.717) is 0 Å². The highest BCUT2D eigenvalue weighted by Gasteiger charge is 2.41. The number of aliphatic hydroxyl groups is 1. The summed E-state index contributed by atoms with van der Waals surface area (Å²) in [4.78, 5) is 0. The second kappa shape index (κ2) is 8.55. The lowest BCUT2D eigenvalue weighted by molar-refractivity contribution is -0.0368. The molecule has 0 bridgehead atoms. The molecule has 0 saturated heterocycles. The fraction of sp³-hybridized carbons (Fsp3) is 0.684. The van der Waals surface area contributed by atoms with Crippen LogP contribution < -0.4 is 5.73 Å². The predicted molar refractivity (Wildman–Crippen MR) is 91.2 cm³/mol. The molecule has 21 heavy (non-hydrogen) atoms. The Morgan fingerprint density at radius 3 is 1.95 bits per heavy atom. The lowest BCUT2D eigenvalue weighted by Crippen LogP contribution is -2.54. The molecule has 0 aliphatic heterocycles. The summed E-state index contributed by atoms with van der Waals surface area (Å²) < 4.78 is 0. The molecule has 2 nitrogen and oxygen atoms in total. The molecular weight excluding hydrogens is 258 g/mol. The quantitative estimate of drug-likeness (QED) is 0.611. The minimum atomic E-state index is -0.947. The monoisotopic (exact) mass is 291 g/mol. The summed E-state index contributed by atoms with van der Waals surface area (Å²) in [6, 6.07) is 9.88. The maximum absolute atomic E-state index is 11.1. The molecule has 0 heterocycles. The van der Waals surface area contributed by atoms with E-state index in [4.69, 9.17) is 5.73 Å². The van der Waals surface area contributed by atoms with E-state index in [2.05, 4.69) is 6.92 Å². The van der Waals surface area contributed by atoms with E-state index in [1.54, 1.807) is 0 Å². The Bertz CT molecular complexity index is 382. The standard InChI is InChI=1S/C19H33NO/c1-4-5-6-7-8-9-13-16-19(21,18(2,3)20)17-14-11-10-12-15-17/h10-12,14-15,21H,4-9,13,16,20H2,1-3H3. The van der Waals surface area contributed by atoms with Crippen molar-refractivity contribution < 1.29 is 5.11 Å². The third-order valence-electron chi connectivity index (χ3n) is 4.46. The maximum Gasteiger partial charge on any atom is 0.107 e. The van der Waals surface area contributed by atoms with Crippen LogP contribution >= 0.6 is 0 Å². The molecular formula is C19H33NO. The van der Waals surface area contributed by atoms with Gasteiger partial charge in [-0.25, -0.2) is 0 Å². The van der Waals surface area contributed by atoms with E-state index in [1.807, 2.05) is 44.2 Å². The molecule has 1 atom stereocenters. The average Bonchev–Trinajstić information content (AvgIpc) is 2.46. The Hall–Kier alpha value is -0.860. The van der Waals surface area contributed by atoms with Crippen molar-refractivity contribution in [2.75, 3.05) is 0 Å². The molecule has 1 rings (SSSR count). The fourth-order valence-corrected chi connectivity index (χ4v) is 2.89. The first-order valence-electron chi connectivity index (χ1n) is 8.48. The first-order valence-corrected chi connectivity index (χ1v) is 8.48. The zero-order valence-electron chi connectivity index (χ0n) is 14.1. The molecule has 0 spiro atoms. The molecule has 3 N–H and O–H groups in total. The summed E-state index contributed by atoms with van der Waals surface area (Å²) in [5.41, 5.74) is 5.62. The Morgan fingerprint density at radius 2 is 1.43 bits per heavy atom. The molecule has 0 aliphatic rings. The number of benzene rings is 1. The summed E-state index contributed by atoms with van der Waals surface area (Å²) >= 11 is 0. The first kappa shape index (κ1) is 18.2. The van der Waals surface area contributed by atoms with Crippen molar-refractivity contribution in [3.63, 3.8) is 0 Å². The van der Waals surface area contributed by atoms with Gasteiger partial charge in [0.2, 0.25) is 0 Å². The van der Waals surface area contributed by atoms with Crippen LogP contribution in [-0.2, 0) is 5.60 Å². The van der Waals surface area contributed by atoms with Gasteiger partial charge in [0.05, 0.1) is 0 Å². The molecule has 0 amide bonds. The van der Waals surface area contributed by atoms with Crippen LogP contribution in [0.4, 0.5) is 0 Å². The topological polar surface area (TPSA) is 46.2 Å². The van der Waals surface area contributed by atoms with Crippen molar-refractivity contribution in [1.29, 1.82) is 0 Å². The Labute approximate surface area is 130 Å². The second-order valence-electron chi connectivity index (χ2n) is 6.82. The van der Waals surface area contributed by atoms with Gasteiger partial charge in [-0.15, -0.1) is 0 Å². The molecule has 120 valence electrons. The van der Waals surface area contributed by atoms with Gasteiger partial charge in [-0.3, -0.25) is 0 Å². The van der Waals surface area contributed by atoms with Crippen LogP contribution in [0.15, 0.2) is 30.3 Å². The number of rotatable bonds is 10. The van der Waals surface area contributed by atoms with Crippen LogP contribution in [0.25, 0.3) is 0 Å². The smallest absolute Gasteiger partial charge is 0.107 e. The van der Waals surface area contributed by atoms with Crippen LogP contribution in [0.3, 0.4) is 0 Å². The maximum atomic E-state index is 11.1. The number of hydrogen-bond acceptors (Lipinski definition) is 2. The van der Waals surface area contributed by atoms with Crippen molar-refractivity contribution in [3.8, 4) is 0 Å². The summed E-state index contributed by atoms with van der Waals surface area (Å²) in [6.45, 7) is 6.08. The predicted octanol–water partition coefficient (Wildman–Crippen LogP) is 4.75.